The van der Waals surface area contributed by atoms with Gasteiger partial charge in [-0.3, -0.25) is 9.36 Å². The van der Waals surface area contributed by atoms with Gasteiger partial charge in [0.25, 0.3) is 5.56 Å². The molecule has 118 valence electrons. The lowest BCUT2D eigenvalue weighted by Crippen LogP contribution is -2.37. The number of aromatic nitrogens is 3. The molecule has 0 aliphatic heterocycles. The van der Waals surface area contributed by atoms with Crippen LogP contribution in [0.2, 0.25) is 0 Å². The Morgan fingerprint density at radius 1 is 1.41 bits per heavy atom. The van der Waals surface area contributed by atoms with Crippen molar-refractivity contribution < 1.29 is 13.5 Å². The Balaban J connectivity index is 2.33. The van der Waals surface area contributed by atoms with Gasteiger partial charge in [0.15, 0.2) is 0 Å². The van der Waals surface area contributed by atoms with Crippen molar-refractivity contribution in [3.05, 3.63) is 28.7 Å². The predicted octanol–water partition coefficient (Wildman–Crippen LogP) is 0.671. The van der Waals surface area contributed by atoms with Crippen molar-refractivity contribution in [1.29, 1.82) is 0 Å². The average Bonchev–Trinajstić information content (AvgIpc) is 2.76. The first-order valence-corrected chi connectivity index (χ1v) is 8.90. The van der Waals surface area contributed by atoms with Crippen LogP contribution in [-0.2, 0) is 9.84 Å². The second kappa shape index (κ2) is 4.85. The maximum absolute atomic E-state index is 12.3. The highest BCUT2D eigenvalue weighted by Gasteiger charge is 2.39. The Hall–Kier alpha value is -1.80. The van der Waals surface area contributed by atoms with E-state index in [9.17, 15) is 18.3 Å². The molecule has 0 saturated heterocycles. The van der Waals surface area contributed by atoms with Crippen LogP contribution in [0.15, 0.2) is 28.3 Å². The molecule has 3 rings (SSSR count). The summed E-state index contributed by atoms with van der Waals surface area (Å²) in [4.78, 5) is 20.2. The quantitative estimate of drug-likeness (QED) is 0.815. The van der Waals surface area contributed by atoms with E-state index in [0.29, 0.717) is 18.2 Å². The van der Waals surface area contributed by atoms with Crippen molar-refractivity contribution in [1.82, 2.24) is 14.5 Å². The van der Waals surface area contributed by atoms with E-state index < -0.39 is 21.5 Å². The van der Waals surface area contributed by atoms with Crippen LogP contribution in [0.3, 0.4) is 0 Å². The summed E-state index contributed by atoms with van der Waals surface area (Å²) in [5.41, 5.74) is -1.08. The van der Waals surface area contributed by atoms with Crippen molar-refractivity contribution in [3.8, 4) is 0 Å². The molecule has 0 radical (unpaired) electrons. The van der Waals surface area contributed by atoms with Gasteiger partial charge in [-0.1, -0.05) is 0 Å². The fourth-order valence-corrected chi connectivity index (χ4v) is 3.54. The van der Waals surface area contributed by atoms with E-state index in [0.717, 1.165) is 12.7 Å². The van der Waals surface area contributed by atoms with Crippen LogP contribution in [0.4, 0.5) is 0 Å². The summed E-state index contributed by atoms with van der Waals surface area (Å²) < 4.78 is 24.7. The number of fused-ring (bicyclic) bond motifs is 1. The van der Waals surface area contributed by atoms with Gasteiger partial charge in [-0.15, -0.1) is 0 Å². The molecule has 22 heavy (non-hydrogen) atoms. The third-order valence-corrected chi connectivity index (χ3v) is 5.03. The zero-order valence-corrected chi connectivity index (χ0v) is 13.2. The van der Waals surface area contributed by atoms with Crippen molar-refractivity contribution in [2.75, 3.05) is 6.26 Å². The minimum atomic E-state index is -3.58. The number of nitrogens with zero attached hydrogens (tertiary/aromatic N) is 3. The number of aliphatic hydroxyl groups is 1. The summed E-state index contributed by atoms with van der Waals surface area (Å²) in [5.74, 6) is 0. The van der Waals surface area contributed by atoms with Gasteiger partial charge in [-0.2, -0.15) is 4.98 Å². The molecule has 2 aromatic heterocycles. The molecule has 7 nitrogen and oxygen atoms in total. The summed E-state index contributed by atoms with van der Waals surface area (Å²) in [6.07, 6.45) is 4.43. The fourth-order valence-electron chi connectivity index (χ4n) is 3.04. The van der Waals surface area contributed by atoms with Crippen molar-refractivity contribution >= 4 is 20.9 Å². The third-order valence-electron chi connectivity index (χ3n) is 4.17. The Labute approximate surface area is 127 Å². The van der Waals surface area contributed by atoms with Gasteiger partial charge < -0.3 is 5.11 Å². The number of hydrogen-bond donors (Lipinski definition) is 1. The van der Waals surface area contributed by atoms with Gasteiger partial charge in [0.1, 0.15) is 5.65 Å². The molecule has 2 unspecified atom stereocenters. The Morgan fingerprint density at radius 2 is 2.14 bits per heavy atom. The highest BCUT2D eigenvalue weighted by Crippen LogP contribution is 2.39. The smallest absolute Gasteiger partial charge is 0.252 e. The minimum absolute atomic E-state index is 0.245. The molecule has 0 amide bonds. The summed E-state index contributed by atoms with van der Waals surface area (Å²) in [6, 6.07) is 2.52. The van der Waals surface area contributed by atoms with Crippen LogP contribution in [0, 0.1) is 0 Å². The molecule has 8 heteroatoms. The molecule has 1 saturated carbocycles. The summed E-state index contributed by atoms with van der Waals surface area (Å²) in [7, 11) is -3.58. The first-order chi connectivity index (χ1) is 10.2. The molecular weight excluding hydrogens is 306 g/mol. The van der Waals surface area contributed by atoms with Gasteiger partial charge in [-0.05, 0) is 32.3 Å². The number of pyridine rings is 1. The Kier molecular flexibility index (Phi) is 3.33. The standard InChI is InChI=1S/C14H17N3O4S/c1-14(19)7-3-4-10(14)17-11(18)6-5-9-8-15-13(16-12(9)17)22(2,20)21/h5-6,8,10,19H,3-4,7H2,1-2H3. The molecule has 1 fully saturated rings. The lowest BCUT2D eigenvalue weighted by molar-refractivity contribution is 0.0266. The van der Waals surface area contributed by atoms with Crippen molar-refractivity contribution in [2.24, 2.45) is 0 Å². The third kappa shape index (κ3) is 2.42. The van der Waals surface area contributed by atoms with Crippen LogP contribution in [0.1, 0.15) is 32.2 Å². The molecule has 1 N–H and O–H groups in total. The molecule has 1 aliphatic carbocycles. The van der Waals surface area contributed by atoms with E-state index in [1.807, 2.05) is 0 Å². The van der Waals surface area contributed by atoms with Gasteiger partial charge in [0, 0.05) is 23.9 Å². The number of hydrogen-bond acceptors (Lipinski definition) is 6. The summed E-state index contributed by atoms with van der Waals surface area (Å²) >= 11 is 0. The zero-order chi connectivity index (χ0) is 16.1. The highest BCUT2D eigenvalue weighted by atomic mass is 32.2. The van der Waals surface area contributed by atoms with E-state index in [2.05, 4.69) is 9.97 Å². The summed E-state index contributed by atoms with van der Waals surface area (Å²) in [5, 5.41) is 10.7. The van der Waals surface area contributed by atoms with E-state index in [4.69, 9.17) is 0 Å². The first kappa shape index (κ1) is 15.1. The fraction of sp³-hybridized carbons (Fsp3) is 0.500. The molecular formula is C14H17N3O4S. The Morgan fingerprint density at radius 3 is 2.73 bits per heavy atom. The second-order valence-electron chi connectivity index (χ2n) is 6.01. The predicted molar refractivity (Wildman–Crippen MR) is 80.4 cm³/mol. The van der Waals surface area contributed by atoms with Gasteiger partial charge in [-0.25, -0.2) is 13.4 Å². The van der Waals surface area contributed by atoms with E-state index >= 15 is 0 Å². The molecule has 2 atom stereocenters. The maximum atomic E-state index is 12.3. The van der Waals surface area contributed by atoms with Crippen LogP contribution in [0.25, 0.3) is 11.0 Å². The minimum Gasteiger partial charge on any atom is -0.388 e. The number of rotatable bonds is 2. The van der Waals surface area contributed by atoms with E-state index in [1.165, 1.54) is 16.8 Å². The molecule has 1 aliphatic rings. The van der Waals surface area contributed by atoms with Gasteiger partial charge in [0.2, 0.25) is 15.0 Å². The lowest BCUT2D eigenvalue weighted by atomic mass is 10.00. The molecule has 0 bridgehead atoms. The van der Waals surface area contributed by atoms with Gasteiger partial charge in [0.05, 0.1) is 11.6 Å². The average molecular weight is 323 g/mol. The van der Waals surface area contributed by atoms with E-state index in [-0.39, 0.29) is 16.4 Å². The highest BCUT2D eigenvalue weighted by molar-refractivity contribution is 7.90. The van der Waals surface area contributed by atoms with E-state index in [1.54, 1.807) is 13.0 Å². The Bertz CT molecular complexity index is 902. The topological polar surface area (TPSA) is 102 Å². The van der Waals surface area contributed by atoms with Crippen LogP contribution < -0.4 is 5.56 Å². The van der Waals surface area contributed by atoms with Gasteiger partial charge >= 0.3 is 0 Å². The van der Waals surface area contributed by atoms with Crippen LogP contribution >= 0.6 is 0 Å². The first-order valence-electron chi connectivity index (χ1n) is 7.01. The normalized spacial score (nSPS) is 25.7. The van der Waals surface area contributed by atoms with Crippen molar-refractivity contribution in [3.63, 3.8) is 0 Å². The lowest BCUT2D eigenvalue weighted by Gasteiger charge is -2.28. The SMILES string of the molecule is CC1(O)CCCC1n1c(=O)ccc2cnc(S(C)(=O)=O)nc21. The maximum Gasteiger partial charge on any atom is 0.252 e. The second-order valence-corrected chi connectivity index (χ2v) is 7.92. The summed E-state index contributed by atoms with van der Waals surface area (Å²) in [6.45, 7) is 1.69. The molecule has 0 spiro atoms. The van der Waals surface area contributed by atoms with Crippen LogP contribution in [0.5, 0.6) is 0 Å². The van der Waals surface area contributed by atoms with Crippen molar-refractivity contribution in [2.45, 2.75) is 43.0 Å². The number of sulfone groups is 1. The van der Waals surface area contributed by atoms with Crippen LogP contribution in [-0.4, -0.2) is 39.9 Å². The molecule has 0 aromatic carbocycles. The molecule has 2 heterocycles. The largest absolute Gasteiger partial charge is 0.388 e. The molecule has 2 aromatic rings. The zero-order valence-electron chi connectivity index (χ0n) is 12.4. The monoisotopic (exact) mass is 323 g/mol.